The minimum Gasteiger partial charge on any atom is -0.496 e. The molecule has 1 N–H and O–H groups in total. The average molecular weight is 341 g/mol. The lowest BCUT2D eigenvalue weighted by Gasteiger charge is -2.33. The van der Waals surface area contributed by atoms with Crippen LogP contribution in [0.5, 0.6) is 5.75 Å². The minimum absolute atomic E-state index is 0.354. The Kier molecular flexibility index (Phi) is 5.87. The van der Waals surface area contributed by atoms with Crippen molar-refractivity contribution in [3.8, 4) is 5.75 Å². The summed E-state index contributed by atoms with van der Waals surface area (Å²) in [6, 6.07) is 7.32. The molecule has 1 aromatic carbocycles. The van der Waals surface area contributed by atoms with Gasteiger partial charge < -0.3 is 15.0 Å². The van der Waals surface area contributed by atoms with Gasteiger partial charge in [0.15, 0.2) is 0 Å². The SMILES string of the molecule is COc1ccc(C(C)NCC2CCCCN2C)cc1Br. The van der Waals surface area contributed by atoms with Crippen LogP contribution in [-0.4, -0.2) is 38.2 Å². The van der Waals surface area contributed by atoms with Gasteiger partial charge in [0.1, 0.15) is 5.75 Å². The van der Waals surface area contributed by atoms with Gasteiger partial charge in [-0.05, 0) is 67.0 Å². The monoisotopic (exact) mass is 340 g/mol. The molecule has 20 heavy (non-hydrogen) atoms. The number of methoxy groups -OCH3 is 1. The third kappa shape index (κ3) is 3.96. The molecule has 0 saturated carbocycles. The summed E-state index contributed by atoms with van der Waals surface area (Å²) in [7, 11) is 3.93. The van der Waals surface area contributed by atoms with Crippen molar-refractivity contribution in [1.82, 2.24) is 10.2 Å². The Hall–Kier alpha value is -0.580. The van der Waals surface area contributed by atoms with E-state index < -0.39 is 0 Å². The quantitative estimate of drug-likeness (QED) is 0.886. The fraction of sp³-hybridized carbons (Fsp3) is 0.625. The van der Waals surface area contributed by atoms with Gasteiger partial charge >= 0.3 is 0 Å². The highest BCUT2D eigenvalue weighted by atomic mass is 79.9. The van der Waals surface area contributed by atoms with Crippen LogP contribution in [0.4, 0.5) is 0 Å². The summed E-state index contributed by atoms with van der Waals surface area (Å²) in [4.78, 5) is 2.48. The number of benzene rings is 1. The normalized spacial score (nSPS) is 21.7. The molecule has 0 bridgehead atoms. The number of ether oxygens (including phenoxy) is 1. The lowest BCUT2D eigenvalue weighted by atomic mass is 10.0. The number of likely N-dealkylation sites (tertiary alicyclic amines) is 1. The van der Waals surface area contributed by atoms with Crippen molar-refractivity contribution in [2.24, 2.45) is 0 Å². The Labute approximate surface area is 130 Å². The Balaban J connectivity index is 1.91. The molecule has 1 heterocycles. The number of hydrogen-bond donors (Lipinski definition) is 1. The first-order chi connectivity index (χ1) is 9.61. The van der Waals surface area contributed by atoms with E-state index in [1.807, 2.05) is 6.07 Å². The highest BCUT2D eigenvalue weighted by Crippen LogP contribution is 2.28. The van der Waals surface area contributed by atoms with Gasteiger partial charge in [-0.25, -0.2) is 0 Å². The van der Waals surface area contributed by atoms with Crippen molar-refractivity contribution in [3.05, 3.63) is 28.2 Å². The third-order valence-corrected chi connectivity index (χ3v) is 4.88. The number of likely N-dealkylation sites (N-methyl/N-ethyl adjacent to an activating group) is 1. The average Bonchev–Trinajstić information content (AvgIpc) is 2.46. The lowest BCUT2D eigenvalue weighted by molar-refractivity contribution is 0.178. The molecule has 1 fully saturated rings. The van der Waals surface area contributed by atoms with Crippen LogP contribution in [0.25, 0.3) is 0 Å². The van der Waals surface area contributed by atoms with Crippen LogP contribution in [0, 0.1) is 0 Å². The van der Waals surface area contributed by atoms with Crippen LogP contribution in [-0.2, 0) is 0 Å². The van der Waals surface area contributed by atoms with Crippen LogP contribution >= 0.6 is 15.9 Å². The van der Waals surface area contributed by atoms with Crippen molar-refractivity contribution >= 4 is 15.9 Å². The molecule has 0 amide bonds. The molecule has 0 spiro atoms. The van der Waals surface area contributed by atoms with Crippen molar-refractivity contribution < 1.29 is 4.74 Å². The largest absolute Gasteiger partial charge is 0.496 e. The Morgan fingerprint density at radius 3 is 2.90 bits per heavy atom. The standard InChI is InChI=1S/C16H25BrN2O/c1-12(13-7-8-16(20-3)15(17)10-13)18-11-14-6-4-5-9-19(14)2/h7-8,10,12,14,18H,4-6,9,11H2,1-3H3. The summed E-state index contributed by atoms with van der Waals surface area (Å²) in [5.74, 6) is 0.882. The van der Waals surface area contributed by atoms with E-state index in [0.29, 0.717) is 12.1 Å². The predicted octanol–water partition coefficient (Wildman–Crippen LogP) is 3.59. The van der Waals surface area contributed by atoms with Gasteiger partial charge in [-0.15, -0.1) is 0 Å². The maximum atomic E-state index is 5.27. The summed E-state index contributed by atoms with van der Waals surface area (Å²) in [5, 5.41) is 3.66. The van der Waals surface area contributed by atoms with Crippen molar-refractivity contribution in [2.45, 2.75) is 38.3 Å². The van der Waals surface area contributed by atoms with E-state index in [9.17, 15) is 0 Å². The molecular formula is C16H25BrN2O. The summed E-state index contributed by atoms with van der Waals surface area (Å²) in [6.07, 6.45) is 4.01. The van der Waals surface area contributed by atoms with E-state index in [4.69, 9.17) is 4.74 Å². The summed E-state index contributed by atoms with van der Waals surface area (Å²) >= 11 is 3.55. The maximum Gasteiger partial charge on any atom is 0.133 e. The zero-order chi connectivity index (χ0) is 14.5. The summed E-state index contributed by atoms with van der Waals surface area (Å²) in [5.41, 5.74) is 1.29. The van der Waals surface area contributed by atoms with Crippen molar-refractivity contribution in [3.63, 3.8) is 0 Å². The molecule has 0 aromatic heterocycles. The highest BCUT2D eigenvalue weighted by molar-refractivity contribution is 9.10. The van der Waals surface area contributed by atoms with E-state index in [-0.39, 0.29) is 0 Å². The molecular weight excluding hydrogens is 316 g/mol. The summed E-state index contributed by atoms with van der Waals surface area (Å²) in [6.45, 7) is 4.51. The Morgan fingerprint density at radius 1 is 1.45 bits per heavy atom. The van der Waals surface area contributed by atoms with Crippen LogP contribution in [0.15, 0.2) is 22.7 Å². The van der Waals surface area contributed by atoms with Gasteiger partial charge in [0, 0.05) is 18.6 Å². The van der Waals surface area contributed by atoms with E-state index >= 15 is 0 Å². The van der Waals surface area contributed by atoms with Crippen molar-refractivity contribution in [2.75, 3.05) is 27.2 Å². The first-order valence-corrected chi connectivity index (χ1v) is 8.18. The topological polar surface area (TPSA) is 24.5 Å². The fourth-order valence-corrected chi connectivity index (χ4v) is 3.34. The van der Waals surface area contributed by atoms with Gasteiger partial charge in [0.05, 0.1) is 11.6 Å². The van der Waals surface area contributed by atoms with Crippen LogP contribution in [0.2, 0.25) is 0 Å². The number of rotatable bonds is 5. The molecule has 2 unspecified atom stereocenters. The van der Waals surface area contributed by atoms with Gasteiger partial charge in [0.25, 0.3) is 0 Å². The fourth-order valence-electron chi connectivity index (χ4n) is 2.78. The zero-order valence-electron chi connectivity index (χ0n) is 12.7. The van der Waals surface area contributed by atoms with Crippen LogP contribution in [0.3, 0.4) is 0 Å². The van der Waals surface area contributed by atoms with Gasteiger partial charge in [0.2, 0.25) is 0 Å². The Morgan fingerprint density at radius 2 is 2.25 bits per heavy atom. The molecule has 1 aliphatic heterocycles. The molecule has 1 aliphatic rings. The maximum absolute atomic E-state index is 5.27. The second-order valence-electron chi connectivity index (χ2n) is 5.65. The van der Waals surface area contributed by atoms with Gasteiger partial charge in [-0.3, -0.25) is 0 Å². The van der Waals surface area contributed by atoms with Gasteiger partial charge in [-0.1, -0.05) is 12.5 Å². The Bertz CT molecular complexity index is 438. The highest BCUT2D eigenvalue weighted by Gasteiger charge is 2.19. The molecule has 2 rings (SSSR count). The van der Waals surface area contributed by atoms with E-state index in [1.165, 1.54) is 31.4 Å². The van der Waals surface area contributed by atoms with E-state index in [2.05, 4.69) is 52.3 Å². The number of nitrogens with zero attached hydrogens (tertiary/aromatic N) is 1. The second-order valence-corrected chi connectivity index (χ2v) is 6.51. The molecule has 0 radical (unpaired) electrons. The number of hydrogen-bond acceptors (Lipinski definition) is 3. The minimum atomic E-state index is 0.354. The molecule has 4 heteroatoms. The van der Waals surface area contributed by atoms with E-state index in [1.54, 1.807) is 7.11 Å². The molecule has 2 atom stereocenters. The predicted molar refractivity (Wildman–Crippen MR) is 87.4 cm³/mol. The van der Waals surface area contributed by atoms with Crippen molar-refractivity contribution in [1.29, 1.82) is 0 Å². The lowest BCUT2D eigenvalue weighted by Crippen LogP contribution is -2.43. The summed E-state index contributed by atoms with van der Waals surface area (Å²) < 4.78 is 6.29. The van der Waals surface area contributed by atoms with Crippen LogP contribution in [0.1, 0.15) is 37.8 Å². The molecule has 0 aliphatic carbocycles. The molecule has 1 aromatic rings. The first-order valence-electron chi connectivity index (χ1n) is 7.39. The molecule has 112 valence electrons. The molecule has 3 nitrogen and oxygen atoms in total. The number of nitrogens with one attached hydrogen (secondary N) is 1. The van der Waals surface area contributed by atoms with Gasteiger partial charge in [-0.2, -0.15) is 0 Å². The van der Waals surface area contributed by atoms with E-state index in [0.717, 1.165) is 16.8 Å². The first kappa shape index (κ1) is 15.8. The number of piperidine rings is 1. The van der Waals surface area contributed by atoms with Crippen LogP contribution < -0.4 is 10.1 Å². The number of halogens is 1. The zero-order valence-corrected chi connectivity index (χ0v) is 14.2. The third-order valence-electron chi connectivity index (χ3n) is 4.26. The smallest absolute Gasteiger partial charge is 0.133 e. The molecule has 1 saturated heterocycles. The second kappa shape index (κ2) is 7.43.